The minimum absolute atomic E-state index is 0.263. The monoisotopic (exact) mass is 340 g/mol. The number of aliphatic carboxylic acids is 1. The van der Waals surface area contributed by atoms with Gasteiger partial charge in [-0.1, -0.05) is 24.5 Å². The molecule has 25 heavy (non-hydrogen) atoms. The number of carbonyl (C=O) groups is 1. The quantitative estimate of drug-likeness (QED) is 0.924. The van der Waals surface area contributed by atoms with Crippen molar-refractivity contribution >= 4 is 16.9 Å². The fourth-order valence-electron chi connectivity index (χ4n) is 4.92. The van der Waals surface area contributed by atoms with Crippen LogP contribution in [0.1, 0.15) is 48.5 Å². The smallest absolute Gasteiger partial charge is 0.326 e. The van der Waals surface area contributed by atoms with E-state index in [1.807, 2.05) is 0 Å². The molecule has 134 valence electrons. The third-order valence-electron chi connectivity index (χ3n) is 6.23. The predicted octanol–water partition coefficient (Wildman–Crippen LogP) is 3.80. The zero-order valence-electron chi connectivity index (χ0n) is 15.3. The van der Waals surface area contributed by atoms with Crippen LogP contribution in [0.25, 0.3) is 10.9 Å². The minimum atomic E-state index is -0.662. The van der Waals surface area contributed by atoms with Crippen LogP contribution in [0.2, 0.25) is 0 Å². The van der Waals surface area contributed by atoms with Crippen LogP contribution in [0.3, 0.4) is 0 Å². The molecule has 1 saturated carbocycles. The highest BCUT2D eigenvalue weighted by Crippen LogP contribution is 2.40. The average molecular weight is 340 g/mol. The molecule has 1 atom stereocenters. The molecule has 2 aromatic rings. The van der Waals surface area contributed by atoms with Crippen LogP contribution in [0.5, 0.6) is 0 Å². The van der Waals surface area contributed by atoms with Crippen molar-refractivity contribution in [2.24, 2.45) is 5.92 Å². The Kier molecular flexibility index (Phi) is 4.32. The maximum atomic E-state index is 12.3. The zero-order chi connectivity index (χ0) is 17.6. The first kappa shape index (κ1) is 16.6. The summed E-state index contributed by atoms with van der Waals surface area (Å²) in [6.07, 6.45) is 6.36. The predicted molar refractivity (Wildman–Crippen MR) is 100 cm³/mol. The summed E-state index contributed by atoms with van der Waals surface area (Å²) in [6, 6.07) is 6.11. The number of carboxylic acid groups (broad SMARTS) is 1. The topological polar surface area (TPSA) is 45.5 Å². The molecule has 1 aliphatic heterocycles. The average Bonchev–Trinajstić information content (AvgIpc) is 3.13. The summed E-state index contributed by atoms with van der Waals surface area (Å²) >= 11 is 0. The second-order valence-electron chi connectivity index (χ2n) is 7.95. The molecule has 1 aromatic heterocycles. The van der Waals surface area contributed by atoms with Gasteiger partial charge in [0.05, 0.1) is 0 Å². The van der Waals surface area contributed by atoms with Crippen molar-refractivity contribution in [1.82, 2.24) is 9.47 Å². The van der Waals surface area contributed by atoms with E-state index < -0.39 is 12.0 Å². The summed E-state index contributed by atoms with van der Waals surface area (Å²) in [5, 5.41) is 11.4. The number of aryl methyl sites for hydroxylation is 1. The van der Waals surface area contributed by atoms with Crippen LogP contribution in [0.15, 0.2) is 18.2 Å². The van der Waals surface area contributed by atoms with Gasteiger partial charge in [0.15, 0.2) is 0 Å². The van der Waals surface area contributed by atoms with Crippen LogP contribution in [0, 0.1) is 12.8 Å². The normalized spacial score (nSPS) is 20.6. The zero-order valence-corrected chi connectivity index (χ0v) is 15.3. The van der Waals surface area contributed by atoms with Gasteiger partial charge < -0.3 is 14.6 Å². The largest absolute Gasteiger partial charge is 0.480 e. The van der Waals surface area contributed by atoms with Gasteiger partial charge in [0.1, 0.15) is 6.04 Å². The van der Waals surface area contributed by atoms with Crippen LogP contribution >= 0.6 is 0 Å². The summed E-state index contributed by atoms with van der Waals surface area (Å²) in [7, 11) is 2.16. The molecular formula is C21H28N2O2. The Balaban J connectivity index is 1.94. The molecule has 1 N–H and O–H groups in total. The van der Waals surface area contributed by atoms with Crippen molar-refractivity contribution in [2.75, 3.05) is 20.1 Å². The van der Waals surface area contributed by atoms with Gasteiger partial charge in [-0.25, -0.2) is 4.79 Å². The van der Waals surface area contributed by atoms with Crippen LogP contribution < -0.4 is 0 Å². The second-order valence-corrected chi connectivity index (χ2v) is 7.95. The lowest BCUT2D eigenvalue weighted by molar-refractivity contribution is -0.142. The lowest BCUT2D eigenvalue weighted by atomic mass is 9.97. The number of nitrogens with zero attached hydrogens (tertiary/aromatic N) is 2. The Hall–Kier alpha value is -1.81. The molecule has 4 rings (SSSR count). The molecule has 0 radical (unpaired) electrons. The molecule has 1 aromatic carbocycles. The SMILES string of the molecule is Cc1ccc2c(c1)c1c(n2C(C(=O)O)C2CCCC2)CCN(C)CC1. The van der Waals surface area contributed by atoms with Crippen molar-refractivity contribution in [3.05, 3.63) is 35.0 Å². The Bertz CT molecular complexity index is 802. The first-order valence-electron chi connectivity index (χ1n) is 9.60. The van der Waals surface area contributed by atoms with Gasteiger partial charge >= 0.3 is 5.97 Å². The van der Waals surface area contributed by atoms with Gasteiger partial charge in [-0.3, -0.25) is 0 Å². The number of benzene rings is 1. The van der Waals surface area contributed by atoms with E-state index in [9.17, 15) is 9.90 Å². The first-order chi connectivity index (χ1) is 12.1. The molecule has 1 aliphatic carbocycles. The molecule has 2 heterocycles. The number of rotatable bonds is 3. The number of likely N-dealkylation sites (N-methyl/N-ethyl adjacent to an activating group) is 1. The summed E-state index contributed by atoms with van der Waals surface area (Å²) < 4.78 is 2.21. The minimum Gasteiger partial charge on any atom is -0.480 e. The number of hydrogen-bond acceptors (Lipinski definition) is 2. The van der Waals surface area contributed by atoms with E-state index in [4.69, 9.17) is 0 Å². The van der Waals surface area contributed by atoms with Crippen LogP contribution in [0.4, 0.5) is 0 Å². The third-order valence-corrected chi connectivity index (χ3v) is 6.23. The summed E-state index contributed by atoms with van der Waals surface area (Å²) in [5.74, 6) is -0.399. The van der Waals surface area contributed by atoms with Crippen molar-refractivity contribution in [1.29, 1.82) is 0 Å². The first-order valence-corrected chi connectivity index (χ1v) is 9.60. The molecule has 4 nitrogen and oxygen atoms in total. The molecule has 0 bridgehead atoms. The van der Waals surface area contributed by atoms with Crippen molar-refractivity contribution in [3.63, 3.8) is 0 Å². The molecule has 2 aliphatic rings. The number of carboxylic acids is 1. The van der Waals surface area contributed by atoms with E-state index in [0.717, 1.165) is 57.1 Å². The fourth-order valence-corrected chi connectivity index (χ4v) is 4.92. The Labute approximate surface area is 149 Å². The van der Waals surface area contributed by atoms with E-state index in [1.54, 1.807) is 0 Å². The maximum absolute atomic E-state index is 12.3. The van der Waals surface area contributed by atoms with E-state index in [0.29, 0.717) is 0 Å². The van der Waals surface area contributed by atoms with Gasteiger partial charge in [-0.2, -0.15) is 0 Å². The summed E-state index contributed by atoms with van der Waals surface area (Å²) in [6.45, 7) is 4.16. The Morgan fingerprint density at radius 2 is 1.92 bits per heavy atom. The molecule has 1 fully saturated rings. The van der Waals surface area contributed by atoms with E-state index >= 15 is 0 Å². The van der Waals surface area contributed by atoms with Gasteiger partial charge in [0.2, 0.25) is 0 Å². The number of hydrogen-bond donors (Lipinski definition) is 1. The number of aromatic nitrogens is 1. The molecule has 1 unspecified atom stereocenters. The van der Waals surface area contributed by atoms with Crippen molar-refractivity contribution in [2.45, 2.75) is 51.5 Å². The van der Waals surface area contributed by atoms with Crippen molar-refractivity contribution < 1.29 is 9.90 Å². The Morgan fingerprint density at radius 1 is 1.20 bits per heavy atom. The van der Waals surface area contributed by atoms with Crippen molar-refractivity contribution in [3.8, 4) is 0 Å². The van der Waals surface area contributed by atoms with Crippen LogP contribution in [-0.4, -0.2) is 40.7 Å². The van der Waals surface area contributed by atoms with E-state index in [1.165, 1.54) is 22.2 Å². The highest BCUT2D eigenvalue weighted by Gasteiger charge is 2.35. The highest BCUT2D eigenvalue weighted by molar-refractivity contribution is 5.88. The van der Waals surface area contributed by atoms with Crippen LogP contribution in [-0.2, 0) is 17.6 Å². The molecule has 0 spiro atoms. The van der Waals surface area contributed by atoms with Gasteiger partial charge in [-0.15, -0.1) is 0 Å². The molecule has 4 heteroatoms. The fraction of sp³-hybridized carbons (Fsp3) is 0.571. The van der Waals surface area contributed by atoms with Gasteiger partial charge in [-0.05, 0) is 56.8 Å². The van der Waals surface area contributed by atoms with E-state index in [2.05, 4.69) is 41.6 Å². The third kappa shape index (κ3) is 2.86. The number of fused-ring (bicyclic) bond motifs is 3. The lowest BCUT2D eigenvalue weighted by Gasteiger charge is -2.25. The second kappa shape index (κ2) is 6.49. The van der Waals surface area contributed by atoms with Gasteiger partial charge in [0.25, 0.3) is 0 Å². The molecular weight excluding hydrogens is 312 g/mol. The highest BCUT2D eigenvalue weighted by atomic mass is 16.4. The standard InChI is InChI=1S/C21H28N2O2/c1-14-7-8-18-17(13-14)16-9-11-22(2)12-10-19(16)23(18)20(21(24)25)15-5-3-4-6-15/h7-8,13,15,20H,3-6,9-12H2,1-2H3,(H,24,25). The summed E-state index contributed by atoms with van der Waals surface area (Å²) in [5.41, 5.74) is 5.02. The Morgan fingerprint density at radius 3 is 2.64 bits per heavy atom. The molecule has 0 saturated heterocycles. The lowest BCUT2D eigenvalue weighted by Crippen LogP contribution is -2.28. The maximum Gasteiger partial charge on any atom is 0.326 e. The summed E-state index contributed by atoms with van der Waals surface area (Å²) in [4.78, 5) is 14.7. The molecule has 0 amide bonds. The van der Waals surface area contributed by atoms with Gasteiger partial charge in [0, 0.05) is 36.1 Å². The van der Waals surface area contributed by atoms with E-state index in [-0.39, 0.29) is 5.92 Å².